The van der Waals surface area contributed by atoms with Crippen LogP contribution in [0.25, 0.3) is 0 Å². The predicted molar refractivity (Wildman–Crippen MR) is 76.3 cm³/mol. The lowest BCUT2D eigenvalue weighted by Crippen LogP contribution is -2.21. The molecular weight excluding hydrogens is 260 g/mol. The molecular formula is C14H20N2O4. The van der Waals surface area contributed by atoms with E-state index in [0.717, 1.165) is 38.1 Å². The molecule has 0 amide bonds. The van der Waals surface area contributed by atoms with Gasteiger partial charge in [-0.3, -0.25) is 10.1 Å². The van der Waals surface area contributed by atoms with Crippen LogP contribution in [0.15, 0.2) is 18.2 Å². The van der Waals surface area contributed by atoms with E-state index in [1.165, 1.54) is 19.6 Å². The van der Waals surface area contributed by atoms with E-state index in [0.29, 0.717) is 6.10 Å². The van der Waals surface area contributed by atoms with Crippen LogP contribution in [-0.4, -0.2) is 31.3 Å². The summed E-state index contributed by atoms with van der Waals surface area (Å²) in [5, 5.41) is 14.1. The molecule has 1 aliphatic heterocycles. The smallest absolute Gasteiger partial charge is 0.311 e. The molecule has 0 spiro atoms. The van der Waals surface area contributed by atoms with E-state index < -0.39 is 4.92 Å². The third kappa shape index (κ3) is 3.84. The van der Waals surface area contributed by atoms with E-state index in [2.05, 4.69) is 5.32 Å². The minimum atomic E-state index is -0.446. The molecule has 1 fully saturated rings. The summed E-state index contributed by atoms with van der Waals surface area (Å²) in [5.74, 6) is 0.272. The van der Waals surface area contributed by atoms with Gasteiger partial charge >= 0.3 is 5.69 Å². The molecule has 2 rings (SSSR count). The number of nitrogens with zero attached hydrogens (tertiary/aromatic N) is 1. The van der Waals surface area contributed by atoms with Gasteiger partial charge in [-0.25, -0.2) is 0 Å². The molecule has 110 valence electrons. The van der Waals surface area contributed by atoms with Gasteiger partial charge < -0.3 is 14.8 Å². The maximum atomic E-state index is 10.8. The first-order valence-corrected chi connectivity index (χ1v) is 6.88. The van der Waals surface area contributed by atoms with Crippen molar-refractivity contribution in [1.82, 2.24) is 0 Å². The second-order valence-electron chi connectivity index (χ2n) is 4.85. The lowest BCUT2D eigenvalue weighted by atomic mass is 10.1. The van der Waals surface area contributed by atoms with Crippen molar-refractivity contribution >= 4 is 11.4 Å². The molecule has 0 aliphatic carbocycles. The van der Waals surface area contributed by atoms with E-state index >= 15 is 0 Å². The Morgan fingerprint density at radius 1 is 1.50 bits per heavy atom. The Hall–Kier alpha value is -1.82. The van der Waals surface area contributed by atoms with Crippen LogP contribution in [0.1, 0.15) is 25.7 Å². The molecule has 20 heavy (non-hydrogen) atoms. The van der Waals surface area contributed by atoms with Crippen molar-refractivity contribution in [2.45, 2.75) is 31.8 Å². The second kappa shape index (κ2) is 7.09. The summed E-state index contributed by atoms with van der Waals surface area (Å²) in [6.07, 6.45) is 4.78. The fraction of sp³-hybridized carbons (Fsp3) is 0.571. The van der Waals surface area contributed by atoms with Crippen molar-refractivity contribution < 1.29 is 14.4 Å². The maximum absolute atomic E-state index is 10.8. The average Bonchev–Trinajstić information content (AvgIpc) is 2.48. The fourth-order valence-electron chi connectivity index (χ4n) is 2.35. The summed E-state index contributed by atoms with van der Waals surface area (Å²) in [6, 6.07) is 4.81. The second-order valence-corrected chi connectivity index (χ2v) is 4.85. The number of hydrogen-bond donors (Lipinski definition) is 1. The van der Waals surface area contributed by atoms with E-state index in [1.807, 2.05) is 0 Å². The first-order valence-electron chi connectivity index (χ1n) is 6.88. The van der Waals surface area contributed by atoms with Crippen molar-refractivity contribution in [3.63, 3.8) is 0 Å². The van der Waals surface area contributed by atoms with E-state index in [1.54, 1.807) is 12.1 Å². The van der Waals surface area contributed by atoms with Crippen molar-refractivity contribution in [2.24, 2.45) is 0 Å². The van der Waals surface area contributed by atoms with Gasteiger partial charge in [0.25, 0.3) is 0 Å². The Kier molecular flexibility index (Phi) is 5.17. The van der Waals surface area contributed by atoms with Gasteiger partial charge in [0.1, 0.15) is 0 Å². The summed E-state index contributed by atoms with van der Waals surface area (Å²) in [6.45, 7) is 1.64. The first-order chi connectivity index (χ1) is 9.70. The normalized spacial score (nSPS) is 18.6. The predicted octanol–water partition coefficient (Wildman–Crippen LogP) is 2.97. The Bertz CT molecular complexity index is 458. The van der Waals surface area contributed by atoms with E-state index in [-0.39, 0.29) is 11.4 Å². The quantitative estimate of drug-likeness (QED) is 0.640. The summed E-state index contributed by atoms with van der Waals surface area (Å²) in [4.78, 5) is 10.4. The molecule has 1 N–H and O–H groups in total. The molecule has 0 radical (unpaired) electrons. The number of rotatable bonds is 6. The minimum absolute atomic E-state index is 0.0198. The molecule has 6 heteroatoms. The van der Waals surface area contributed by atoms with Crippen LogP contribution in [0.3, 0.4) is 0 Å². The van der Waals surface area contributed by atoms with Crippen LogP contribution in [0, 0.1) is 10.1 Å². The maximum Gasteiger partial charge on any atom is 0.311 e. The van der Waals surface area contributed by atoms with Crippen LogP contribution >= 0.6 is 0 Å². The molecule has 1 aromatic carbocycles. The average molecular weight is 280 g/mol. The molecule has 6 nitrogen and oxygen atoms in total. The monoisotopic (exact) mass is 280 g/mol. The minimum Gasteiger partial charge on any atom is -0.490 e. The number of benzene rings is 1. The van der Waals surface area contributed by atoms with E-state index in [9.17, 15) is 10.1 Å². The molecule has 0 aromatic heterocycles. The Balaban J connectivity index is 1.87. The highest BCUT2D eigenvalue weighted by atomic mass is 16.6. The lowest BCUT2D eigenvalue weighted by Gasteiger charge is -2.22. The number of ether oxygens (including phenoxy) is 2. The molecule has 0 saturated carbocycles. The summed E-state index contributed by atoms with van der Waals surface area (Å²) >= 11 is 0. The van der Waals surface area contributed by atoms with Crippen molar-refractivity contribution in [1.29, 1.82) is 0 Å². The number of hydrogen-bond acceptors (Lipinski definition) is 5. The Labute approximate surface area is 118 Å². The molecule has 1 heterocycles. The van der Waals surface area contributed by atoms with Crippen LogP contribution in [0.4, 0.5) is 11.4 Å². The molecule has 1 saturated heterocycles. The van der Waals surface area contributed by atoms with Crippen LogP contribution in [-0.2, 0) is 4.74 Å². The van der Waals surface area contributed by atoms with Gasteiger partial charge in [0, 0.05) is 31.0 Å². The summed E-state index contributed by atoms with van der Waals surface area (Å²) in [7, 11) is 1.43. The number of nitro groups is 1. The molecule has 1 unspecified atom stereocenters. The third-order valence-corrected chi connectivity index (χ3v) is 3.45. The van der Waals surface area contributed by atoms with Gasteiger partial charge in [-0.1, -0.05) is 0 Å². The van der Waals surface area contributed by atoms with E-state index in [4.69, 9.17) is 9.47 Å². The highest BCUT2D eigenvalue weighted by molar-refractivity contribution is 5.57. The number of methoxy groups -OCH3 is 1. The largest absolute Gasteiger partial charge is 0.490 e. The molecule has 0 bridgehead atoms. The highest BCUT2D eigenvalue weighted by Crippen LogP contribution is 2.29. The SMILES string of the molecule is COc1cc(NCCC2CCCCO2)ccc1[N+](=O)[O-]. The van der Waals surface area contributed by atoms with Crippen molar-refractivity contribution in [2.75, 3.05) is 25.6 Å². The third-order valence-electron chi connectivity index (χ3n) is 3.45. The Morgan fingerprint density at radius 3 is 3.00 bits per heavy atom. The lowest BCUT2D eigenvalue weighted by molar-refractivity contribution is -0.385. The summed E-state index contributed by atoms with van der Waals surface area (Å²) in [5.41, 5.74) is 0.803. The molecule has 1 atom stereocenters. The highest BCUT2D eigenvalue weighted by Gasteiger charge is 2.15. The zero-order valence-corrected chi connectivity index (χ0v) is 11.6. The van der Waals surface area contributed by atoms with Crippen molar-refractivity contribution in [3.8, 4) is 5.75 Å². The van der Waals surface area contributed by atoms with Crippen LogP contribution < -0.4 is 10.1 Å². The van der Waals surface area contributed by atoms with Gasteiger partial charge in [0.05, 0.1) is 18.1 Å². The zero-order chi connectivity index (χ0) is 14.4. The molecule has 1 aliphatic rings. The number of anilines is 1. The van der Waals surface area contributed by atoms with Gasteiger partial charge in [-0.2, -0.15) is 0 Å². The van der Waals surface area contributed by atoms with Crippen LogP contribution in [0.5, 0.6) is 5.75 Å². The van der Waals surface area contributed by atoms with Crippen LogP contribution in [0.2, 0.25) is 0 Å². The van der Waals surface area contributed by atoms with Gasteiger partial charge in [0.15, 0.2) is 5.75 Å². The number of nitrogens with one attached hydrogen (secondary N) is 1. The number of nitro benzene ring substituents is 1. The van der Waals surface area contributed by atoms with Crippen molar-refractivity contribution in [3.05, 3.63) is 28.3 Å². The standard InChI is InChI=1S/C14H20N2O4/c1-19-14-10-11(5-6-13(14)16(17)18)15-8-7-12-4-2-3-9-20-12/h5-6,10,12,15H,2-4,7-9H2,1H3. The topological polar surface area (TPSA) is 73.6 Å². The zero-order valence-electron chi connectivity index (χ0n) is 11.6. The van der Waals surface area contributed by atoms with Gasteiger partial charge in [-0.05, 0) is 31.7 Å². The van der Waals surface area contributed by atoms with Gasteiger partial charge in [-0.15, -0.1) is 0 Å². The first kappa shape index (κ1) is 14.6. The fourth-order valence-corrected chi connectivity index (χ4v) is 2.35. The molecule has 1 aromatic rings. The van der Waals surface area contributed by atoms with Gasteiger partial charge in [0.2, 0.25) is 0 Å². The Morgan fingerprint density at radius 2 is 2.35 bits per heavy atom. The summed E-state index contributed by atoms with van der Waals surface area (Å²) < 4.78 is 10.7.